The number of hydrogen-bond donors (Lipinski definition) is 3. The van der Waals surface area contributed by atoms with Gasteiger partial charge in [0.1, 0.15) is 0 Å². The van der Waals surface area contributed by atoms with Crippen LogP contribution in [0.5, 0.6) is 0 Å². The van der Waals surface area contributed by atoms with Crippen molar-refractivity contribution in [2.24, 2.45) is 0 Å². The highest BCUT2D eigenvalue weighted by Gasteiger charge is 2.29. The number of hydrogen-bond acceptors (Lipinski definition) is 5. The second kappa shape index (κ2) is 8.21. The fourth-order valence-corrected chi connectivity index (χ4v) is 3.01. The van der Waals surface area contributed by atoms with E-state index >= 15 is 0 Å². The van der Waals surface area contributed by atoms with E-state index in [1.165, 1.54) is 24.6 Å². The van der Waals surface area contributed by atoms with Crippen molar-refractivity contribution in [1.82, 2.24) is 5.32 Å². The van der Waals surface area contributed by atoms with Crippen molar-refractivity contribution in [2.75, 3.05) is 11.9 Å². The summed E-state index contributed by atoms with van der Waals surface area (Å²) in [7, 11) is 0. The number of carbonyl (C=O) groups is 1. The first-order chi connectivity index (χ1) is 11.4. The van der Waals surface area contributed by atoms with Crippen LogP contribution in [0.25, 0.3) is 0 Å². The lowest BCUT2D eigenvalue weighted by molar-refractivity contribution is -0.384. The maximum absolute atomic E-state index is 12.1. The van der Waals surface area contributed by atoms with Gasteiger partial charge in [0.05, 0.1) is 10.5 Å². The Morgan fingerprint density at radius 3 is 2.75 bits per heavy atom. The molecule has 24 heavy (non-hydrogen) atoms. The molecule has 132 valence electrons. The number of rotatable bonds is 7. The van der Waals surface area contributed by atoms with Gasteiger partial charge in [-0.2, -0.15) is 0 Å². The molecule has 7 nitrogen and oxygen atoms in total. The van der Waals surface area contributed by atoms with Crippen LogP contribution in [0.15, 0.2) is 24.3 Å². The lowest BCUT2D eigenvalue weighted by Crippen LogP contribution is -2.45. The zero-order valence-electron chi connectivity index (χ0n) is 14.0. The van der Waals surface area contributed by atoms with Gasteiger partial charge in [-0.15, -0.1) is 0 Å². The number of carbonyl (C=O) groups excluding carboxylic acids is 1. The fourth-order valence-electron chi connectivity index (χ4n) is 3.01. The van der Waals surface area contributed by atoms with E-state index in [2.05, 4.69) is 10.6 Å². The number of benzene rings is 1. The van der Waals surface area contributed by atoms with E-state index < -0.39 is 10.5 Å². The third kappa shape index (κ3) is 5.58. The van der Waals surface area contributed by atoms with Crippen LogP contribution in [0.2, 0.25) is 0 Å². The van der Waals surface area contributed by atoms with Gasteiger partial charge >= 0.3 is 0 Å². The van der Waals surface area contributed by atoms with E-state index in [4.69, 9.17) is 0 Å². The highest BCUT2D eigenvalue weighted by molar-refractivity contribution is 5.91. The number of non-ortho nitro benzene ring substituents is 1. The number of aliphatic hydroxyl groups is 1. The maximum Gasteiger partial charge on any atom is 0.271 e. The normalized spacial score (nSPS) is 17.9. The quantitative estimate of drug-likeness (QED) is 0.525. The summed E-state index contributed by atoms with van der Waals surface area (Å²) in [4.78, 5) is 22.3. The summed E-state index contributed by atoms with van der Waals surface area (Å²) >= 11 is 0. The number of nitro groups is 1. The molecule has 1 aliphatic carbocycles. The predicted molar refractivity (Wildman–Crippen MR) is 91.8 cm³/mol. The second-order valence-electron chi connectivity index (χ2n) is 6.63. The Labute approximate surface area is 141 Å². The average molecular weight is 335 g/mol. The number of nitro benzene ring substituents is 1. The molecule has 0 saturated heterocycles. The van der Waals surface area contributed by atoms with Crippen molar-refractivity contribution in [3.8, 4) is 0 Å². The zero-order valence-corrected chi connectivity index (χ0v) is 14.0. The molecule has 0 aromatic heterocycles. The molecule has 1 aromatic carbocycles. The highest BCUT2D eigenvalue weighted by Crippen LogP contribution is 2.27. The molecule has 2 rings (SSSR count). The second-order valence-corrected chi connectivity index (χ2v) is 6.63. The van der Waals surface area contributed by atoms with Crippen LogP contribution in [-0.4, -0.2) is 34.1 Å². The van der Waals surface area contributed by atoms with Gasteiger partial charge in [-0.05, 0) is 25.8 Å². The van der Waals surface area contributed by atoms with Gasteiger partial charge < -0.3 is 15.7 Å². The van der Waals surface area contributed by atoms with Crippen LogP contribution in [0, 0.1) is 10.1 Å². The summed E-state index contributed by atoms with van der Waals surface area (Å²) in [6.45, 7) is 2.37. The van der Waals surface area contributed by atoms with Gasteiger partial charge in [-0.1, -0.05) is 25.3 Å². The SMILES string of the molecule is CC(CC(=O)Nc1cccc([N+](=O)[O-])c1)NCC1(O)CCCCC1. The Morgan fingerprint density at radius 2 is 2.08 bits per heavy atom. The van der Waals surface area contributed by atoms with E-state index in [0.717, 1.165) is 25.7 Å². The molecule has 0 spiro atoms. The Balaban J connectivity index is 1.79. The lowest BCUT2D eigenvalue weighted by Gasteiger charge is -2.33. The third-order valence-corrected chi connectivity index (χ3v) is 4.40. The summed E-state index contributed by atoms with van der Waals surface area (Å²) < 4.78 is 0. The van der Waals surface area contributed by atoms with Gasteiger partial charge in [0.15, 0.2) is 0 Å². The highest BCUT2D eigenvalue weighted by atomic mass is 16.6. The molecule has 0 radical (unpaired) electrons. The van der Waals surface area contributed by atoms with E-state index in [1.807, 2.05) is 6.92 Å². The molecular formula is C17H25N3O4. The Morgan fingerprint density at radius 1 is 1.38 bits per heavy atom. The number of nitrogens with one attached hydrogen (secondary N) is 2. The topological polar surface area (TPSA) is 104 Å². The first-order valence-corrected chi connectivity index (χ1v) is 8.38. The molecule has 1 saturated carbocycles. The van der Waals surface area contributed by atoms with Crippen molar-refractivity contribution in [1.29, 1.82) is 0 Å². The summed E-state index contributed by atoms with van der Waals surface area (Å²) in [5.74, 6) is -0.217. The van der Waals surface area contributed by atoms with Crippen LogP contribution in [0.1, 0.15) is 45.4 Å². The van der Waals surface area contributed by atoms with Crippen molar-refractivity contribution >= 4 is 17.3 Å². The van der Waals surface area contributed by atoms with E-state index in [0.29, 0.717) is 12.2 Å². The molecular weight excluding hydrogens is 310 g/mol. The molecule has 0 heterocycles. The largest absolute Gasteiger partial charge is 0.389 e. The molecule has 1 aromatic rings. The minimum Gasteiger partial charge on any atom is -0.389 e. The van der Waals surface area contributed by atoms with Crippen molar-refractivity contribution in [3.05, 3.63) is 34.4 Å². The fraction of sp³-hybridized carbons (Fsp3) is 0.588. The zero-order chi connectivity index (χ0) is 17.6. The van der Waals surface area contributed by atoms with Crippen LogP contribution in [0.4, 0.5) is 11.4 Å². The smallest absolute Gasteiger partial charge is 0.271 e. The predicted octanol–water partition coefficient (Wildman–Crippen LogP) is 2.60. The van der Waals surface area contributed by atoms with Crippen LogP contribution >= 0.6 is 0 Å². The molecule has 1 aliphatic rings. The molecule has 7 heteroatoms. The van der Waals surface area contributed by atoms with Gasteiger partial charge in [0.25, 0.3) is 5.69 Å². The molecule has 0 bridgehead atoms. The van der Waals surface area contributed by atoms with E-state index in [1.54, 1.807) is 6.07 Å². The number of amides is 1. The van der Waals surface area contributed by atoms with Gasteiger partial charge in [0.2, 0.25) is 5.91 Å². The standard InChI is InChI=1S/C17H25N3O4/c1-13(18-12-17(22)8-3-2-4-9-17)10-16(21)19-14-6-5-7-15(11-14)20(23)24/h5-7,11,13,18,22H,2-4,8-10,12H2,1H3,(H,19,21). The first-order valence-electron chi connectivity index (χ1n) is 8.38. The van der Waals surface area contributed by atoms with E-state index in [-0.39, 0.29) is 24.1 Å². The Hall–Kier alpha value is -1.99. The van der Waals surface area contributed by atoms with Gasteiger partial charge in [-0.25, -0.2) is 0 Å². The summed E-state index contributed by atoms with van der Waals surface area (Å²) in [6, 6.07) is 5.78. The minimum atomic E-state index is -0.664. The van der Waals surface area contributed by atoms with Crippen molar-refractivity contribution < 1.29 is 14.8 Å². The van der Waals surface area contributed by atoms with Crippen LogP contribution < -0.4 is 10.6 Å². The summed E-state index contributed by atoms with van der Waals surface area (Å²) in [5, 5.41) is 27.1. The molecule has 0 aliphatic heterocycles. The van der Waals surface area contributed by atoms with Gasteiger partial charge in [0, 0.05) is 36.8 Å². The van der Waals surface area contributed by atoms with Crippen LogP contribution in [0.3, 0.4) is 0 Å². The van der Waals surface area contributed by atoms with Gasteiger partial charge in [-0.3, -0.25) is 14.9 Å². The van der Waals surface area contributed by atoms with E-state index in [9.17, 15) is 20.0 Å². The Kier molecular flexibility index (Phi) is 6.28. The van der Waals surface area contributed by atoms with Crippen molar-refractivity contribution in [2.45, 2.75) is 57.1 Å². The Bertz CT molecular complexity index is 585. The summed E-state index contributed by atoms with van der Waals surface area (Å²) in [5.41, 5.74) is -0.311. The third-order valence-electron chi connectivity index (χ3n) is 4.40. The monoisotopic (exact) mass is 335 g/mol. The first kappa shape index (κ1) is 18.4. The molecule has 1 atom stereocenters. The number of nitrogens with zero attached hydrogens (tertiary/aromatic N) is 1. The molecule has 3 N–H and O–H groups in total. The van der Waals surface area contributed by atoms with Crippen molar-refractivity contribution in [3.63, 3.8) is 0 Å². The number of anilines is 1. The summed E-state index contributed by atoms with van der Waals surface area (Å²) in [6.07, 6.45) is 5.08. The molecule has 1 unspecified atom stereocenters. The maximum atomic E-state index is 12.1. The minimum absolute atomic E-state index is 0.0569. The lowest BCUT2D eigenvalue weighted by atomic mass is 9.85. The molecule has 1 amide bonds. The van der Waals surface area contributed by atoms with Crippen LogP contribution in [-0.2, 0) is 4.79 Å². The molecule has 1 fully saturated rings. The average Bonchev–Trinajstić information content (AvgIpc) is 2.54.